The predicted octanol–water partition coefficient (Wildman–Crippen LogP) is 1.85. The molecule has 3 fully saturated rings. The summed E-state index contributed by atoms with van der Waals surface area (Å²) >= 11 is 0. The topological polar surface area (TPSA) is 12.5 Å². The van der Waals surface area contributed by atoms with Crippen molar-refractivity contribution in [1.29, 1.82) is 0 Å². The number of fused-ring (bicyclic) bond motifs is 3. The minimum atomic E-state index is -2.90. The van der Waals surface area contributed by atoms with Gasteiger partial charge in [-0.1, -0.05) is 0 Å². The molecule has 3 rings (SSSR count). The first-order valence-electron chi connectivity index (χ1n) is 4.79. The molecule has 0 radical (unpaired) electrons. The van der Waals surface area contributed by atoms with Gasteiger partial charge < -0.3 is 4.74 Å². The maximum absolute atomic E-state index is 12.9. The lowest BCUT2D eigenvalue weighted by molar-refractivity contribution is -0.234. The van der Waals surface area contributed by atoms with Gasteiger partial charge in [-0.15, -0.1) is 0 Å². The predicted molar refractivity (Wildman–Crippen MR) is 44.7 cm³/mol. The quantitative estimate of drug-likeness (QED) is 0.627. The molecule has 0 spiro atoms. The molecule has 76 valence electrons. The third-order valence-corrected chi connectivity index (χ3v) is 2.94. The van der Waals surface area contributed by atoms with E-state index < -0.39 is 6.11 Å². The minimum Gasteiger partial charge on any atom is -0.319 e. The van der Waals surface area contributed by atoms with Gasteiger partial charge in [-0.2, -0.15) is 8.78 Å². The average molecular weight is 191 g/mol. The Hall–Kier alpha value is -0.220. The van der Waals surface area contributed by atoms with E-state index in [1.807, 2.05) is 13.8 Å². The molecule has 2 nitrogen and oxygen atoms in total. The zero-order valence-electron chi connectivity index (χ0n) is 7.96. The summed E-state index contributed by atoms with van der Waals surface area (Å²) < 4.78 is 30.4. The monoisotopic (exact) mass is 191 g/mol. The molecule has 0 aromatic heterocycles. The molecule has 3 aliphatic rings. The molecule has 3 heterocycles. The van der Waals surface area contributed by atoms with Crippen molar-refractivity contribution >= 4 is 0 Å². The zero-order valence-corrected chi connectivity index (χ0v) is 7.96. The van der Waals surface area contributed by atoms with Crippen molar-refractivity contribution in [1.82, 2.24) is 4.90 Å². The van der Waals surface area contributed by atoms with E-state index in [0.29, 0.717) is 6.04 Å². The van der Waals surface area contributed by atoms with Gasteiger partial charge in [0.2, 0.25) is 0 Å². The molecule has 0 aromatic rings. The van der Waals surface area contributed by atoms with Crippen LogP contribution >= 0.6 is 0 Å². The van der Waals surface area contributed by atoms with Crippen LogP contribution in [0.25, 0.3) is 0 Å². The Labute approximate surface area is 76.9 Å². The van der Waals surface area contributed by atoms with E-state index in [2.05, 4.69) is 9.64 Å². The lowest BCUT2D eigenvalue weighted by Gasteiger charge is -2.49. The van der Waals surface area contributed by atoms with E-state index in [1.165, 1.54) is 0 Å². The standard InChI is InChI=1S/C9H15F2NO/c1-6(2)12-7-3-8(12)5-13-9(10,11)4-7/h6-8H,3-5H2,1-2H3. The fourth-order valence-electron chi connectivity index (χ4n) is 2.46. The third kappa shape index (κ3) is 1.57. The Morgan fingerprint density at radius 2 is 2.08 bits per heavy atom. The van der Waals surface area contributed by atoms with Gasteiger partial charge in [0.1, 0.15) is 0 Å². The van der Waals surface area contributed by atoms with Crippen molar-refractivity contribution < 1.29 is 13.5 Å². The maximum atomic E-state index is 12.9. The smallest absolute Gasteiger partial charge is 0.319 e. The van der Waals surface area contributed by atoms with E-state index in [9.17, 15) is 8.78 Å². The summed E-state index contributed by atoms with van der Waals surface area (Å²) in [5, 5.41) is 0. The van der Waals surface area contributed by atoms with Crippen LogP contribution in [-0.4, -0.2) is 35.7 Å². The summed E-state index contributed by atoms with van der Waals surface area (Å²) in [6, 6.07) is 0.599. The summed E-state index contributed by atoms with van der Waals surface area (Å²) in [4.78, 5) is 2.14. The second-order valence-electron chi connectivity index (χ2n) is 4.24. The molecular weight excluding hydrogens is 176 g/mol. The van der Waals surface area contributed by atoms with Crippen LogP contribution in [0.2, 0.25) is 0 Å². The lowest BCUT2D eigenvalue weighted by Crippen LogP contribution is -2.59. The summed E-state index contributed by atoms with van der Waals surface area (Å²) in [5.74, 6) is 0. The second-order valence-corrected chi connectivity index (χ2v) is 4.24. The number of alkyl halides is 2. The van der Waals surface area contributed by atoms with Crippen LogP contribution in [0.15, 0.2) is 0 Å². The molecule has 3 saturated heterocycles. The van der Waals surface area contributed by atoms with Gasteiger partial charge >= 0.3 is 6.11 Å². The Morgan fingerprint density at radius 1 is 1.38 bits per heavy atom. The van der Waals surface area contributed by atoms with Gasteiger partial charge in [0.25, 0.3) is 0 Å². The third-order valence-electron chi connectivity index (χ3n) is 2.94. The molecule has 2 bridgehead atoms. The van der Waals surface area contributed by atoms with Crippen molar-refractivity contribution in [3.05, 3.63) is 0 Å². The number of nitrogens with zero attached hydrogens (tertiary/aromatic N) is 1. The summed E-state index contributed by atoms with van der Waals surface area (Å²) in [6.07, 6.45) is -2.17. The molecule has 3 aliphatic heterocycles. The largest absolute Gasteiger partial charge is 0.357 e. The molecule has 0 aromatic carbocycles. The highest BCUT2D eigenvalue weighted by Gasteiger charge is 2.50. The van der Waals surface area contributed by atoms with Crippen LogP contribution in [0.5, 0.6) is 0 Å². The van der Waals surface area contributed by atoms with E-state index in [4.69, 9.17) is 0 Å². The summed E-state index contributed by atoms with van der Waals surface area (Å²) in [7, 11) is 0. The zero-order chi connectivity index (χ0) is 9.64. The first-order valence-corrected chi connectivity index (χ1v) is 4.79. The number of hydrogen-bond donors (Lipinski definition) is 0. The van der Waals surface area contributed by atoms with Gasteiger partial charge in [-0.3, -0.25) is 4.90 Å². The molecule has 0 aliphatic carbocycles. The molecular formula is C9H15F2NO. The molecule has 13 heavy (non-hydrogen) atoms. The number of hydrogen-bond acceptors (Lipinski definition) is 2. The highest BCUT2D eigenvalue weighted by molar-refractivity contribution is 4.97. The van der Waals surface area contributed by atoms with Gasteiger partial charge in [0.15, 0.2) is 0 Å². The summed E-state index contributed by atoms with van der Waals surface area (Å²) in [6.45, 7) is 4.27. The minimum absolute atomic E-state index is 0.0301. The number of ether oxygens (including phenoxy) is 1. The Bertz CT molecular complexity index is 208. The van der Waals surface area contributed by atoms with Crippen LogP contribution in [-0.2, 0) is 4.74 Å². The molecule has 0 saturated carbocycles. The highest BCUT2D eigenvalue weighted by atomic mass is 19.3. The Balaban J connectivity index is 2.07. The van der Waals surface area contributed by atoms with Crippen LogP contribution in [0.4, 0.5) is 8.78 Å². The Kier molecular flexibility index (Phi) is 2.07. The van der Waals surface area contributed by atoms with E-state index in [1.54, 1.807) is 0 Å². The van der Waals surface area contributed by atoms with Gasteiger partial charge in [-0.05, 0) is 20.3 Å². The number of rotatable bonds is 1. The van der Waals surface area contributed by atoms with Crippen LogP contribution in [0.3, 0.4) is 0 Å². The fourth-order valence-corrected chi connectivity index (χ4v) is 2.46. The van der Waals surface area contributed by atoms with Crippen molar-refractivity contribution in [3.8, 4) is 0 Å². The van der Waals surface area contributed by atoms with Crippen LogP contribution in [0, 0.1) is 0 Å². The number of halogens is 2. The average Bonchev–Trinajstić information content (AvgIpc) is 2.12. The molecule has 0 amide bonds. The lowest BCUT2D eigenvalue weighted by atomic mass is 9.90. The van der Waals surface area contributed by atoms with Crippen molar-refractivity contribution in [3.63, 3.8) is 0 Å². The van der Waals surface area contributed by atoms with E-state index in [0.717, 1.165) is 6.42 Å². The maximum Gasteiger partial charge on any atom is 0.357 e. The Morgan fingerprint density at radius 3 is 2.69 bits per heavy atom. The first kappa shape index (κ1) is 9.34. The second kappa shape index (κ2) is 2.89. The van der Waals surface area contributed by atoms with Crippen molar-refractivity contribution in [2.24, 2.45) is 0 Å². The molecule has 4 heteroatoms. The highest BCUT2D eigenvalue weighted by Crippen LogP contribution is 2.40. The molecule has 0 N–H and O–H groups in total. The summed E-state index contributed by atoms with van der Waals surface area (Å²) in [5.41, 5.74) is 0. The van der Waals surface area contributed by atoms with Crippen molar-refractivity contribution in [2.75, 3.05) is 6.61 Å². The first-order chi connectivity index (χ1) is 5.99. The normalized spacial score (nSPS) is 38.5. The SMILES string of the molecule is CC(C)N1C2COC(F)(F)CC1C2. The van der Waals surface area contributed by atoms with Gasteiger partial charge in [0, 0.05) is 18.1 Å². The van der Waals surface area contributed by atoms with Crippen LogP contribution in [0.1, 0.15) is 26.7 Å². The van der Waals surface area contributed by atoms with E-state index >= 15 is 0 Å². The van der Waals surface area contributed by atoms with Gasteiger partial charge in [-0.25, -0.2) is 0 Å². The van der Waals surface area contributed by atoms with Crippen LogP contribution < -0.4 is 0 Å². The van der Waals surface area contributed by atoms with Gasteiger partial charge in [0.05, 0.1) is 13.0 Å². The fraction of sp³-hybridized carbons (Fsp3) is 1.00. The van der Waals surface area contributed by atoms with Crippen molar-refractivity contribution in [2.45, 2.75) is 50.9 Å². The van der Waals surface area contributed by atoms with E-state index in [-0.39, 0.29) is 25.1 Å². The molecule has 2 atom stereocenters. The molecule has 2 unspecified atom stereocenters.